The highest BCUT2D eigenvalue weighted by atomic mass is 16.5. The normalized spacial score (nSPS) is 13.0. The third-order valence-electron chi connectivity index (χ3n) is 5.99. The first kappa shape index (κ1) is 21.9. The van der Waals surface area contributed by atoms with Crippen molar-refractivity contribution >= 4 is 5.69 Å². The molecule has 7 nitrogen and oxygen atoms in total. The van der Waals surface area contributed by atoms with Crippen molar-refractivity contribution in [2.75, 3.05) is 20.8 Å². The van der Waals surface area contributed by atoms with Gasteiger partial charge in [-0.05, 0) is 62.1 Å². The molecule has 0 amide bonds. The van der Waals surface area contributed by atoms with Crippen LogP contribution in [0.25, 0.3) is 11.3 Å². The lowest BCUT2D eigenvalue weighted by atomic mass is 9.97. The van der Waals surface area contributed by atoms with E-state index in [9.17, 15) is 4.79 Å². The summed E-state index contributed by atoms with van der Waals surface area (Å²) >= 11 is 0. The van der Waals surface area contributed by atoms with Gasteiger partial charge in [-0.2, -0.15) is 0 Å². The Bertz CT molecular complexity index is 1290. The van der Waals surface area contributed by atoms with E-state index in [2.05, 4.69) is 19.1 Å². The van der Waals surface area contributed by atoms with Crippen LogP contribution in [0.5, 0.6) is 11.5 Å². The highest BCUT2D eigenvalue weighted by Crippen LogP contribution is 2.35. The van der Waals surface area contributed by atoms with Gasteiger partial charge in [0, 0.05) is 25.2 Å². The molecule has 1 aromatic heterocycles. The van der Waals surface area contributed by atoms with Crippen molar-refractivity contribution < 1.29 is 9.47 Å². The first-order chi connectivity index (χ1) is 15.4. The van der Waals surface area contributed by atoms with E-state index >= 15 is 0 Å². The number of benzene rings is 2. The molecule has 0 spiro atoms. The second kappa shape index (κ2) is 8.67. The summed E-state index contributed by atoms with van der Waals surface area (Å²) in [4.78, 5) is 18.6. The maximum absolute atomic E-state index is 13.6. The average molecular weight is 435 g/mol. The Morgan fingerprint density at radius 3 is 2.41 bits per heavy atom. The van der Waals surface area contributed by atoms with E-state index in [-0.39, 0.29) is 5.69 Å². The quantitative estimate of drug-likeness (QED) is 0.669. The van der Waals surface area contributed by atoms with Gasteiger partial charge in [-0.3, -0.25) is 9.13 Å². The Morgan fingerprint density at radius 2 is 1.78 bits per heavy atom. The number of aromatic nitrogens is 2. The molecular weight excluding hydrogens is 404 g/mol. The molecule has 2 heterocycles. The van der Waals surface area contributed by atoms with E-state index in [0.717, 1.165) is 45.8 Å². The number of nitrogens with two attached hydrogens (primary N) is 1. The lowest BCUT2D eigenvalue weighted by molar-refractivity contribution is 0.387. The lowest BCUT2D eigenvalue weighted by Gasteiger charge is -2.26. The summed E-state index contributed by atoms with van der Waals surface area (Å²) < 4.78 is 14.7. The molecule has 0 radical (unpaired) electrons. The van der Waals surface area contributed by atoms with Crippen LogP contribution in [0.4, 0.5) is 5.69 Å². The zero-order valence-electron chi connectivity index (χ0n) is 19.4. The SMILES string of the molecule is COc1ccc2c(c1)CCn1c-2c(OC)c(=Nc2c(C)cc(C)cc2C)n(CCN)c1=O. The van der Waals surface area contributed by atoms with Crippen LogP contribution >= 0.6 is 0 Å². The molecule has 0 saturated carbocycles. The average Bonchev–Trinajstić information content (AvgIpc) is 2.77. The van der Waals surface area contributed by atoms with E-state index in [1.165, 1.54) is 5.56 Å². The van der Waals surface area contributed by atoms with Crippen molar-refractivity contribution in [3.05, 3.63) is 68.6 Å². The lowest BCUT2D eigenvalue weighted by Crippen LogP contribution is -2.44. The maximum atomic E-state index is 13.6. The molecule has 0 fully saturated rings. The zero-order chi connectivity index (χ0) is 23.0. The van der Waals surface area contributed by atoms with Crippen molar-refractivity contribution in [1.29, 1.82) is 0 Å². The topological polar surface area (TPSA) is 83.8 Å². The minimum Gasteiger partial charge on any atom is -0.497 e. The largest absolute Gasteiger partial charge is 0.497 e. The van der Waals surface area contributed by atoms with E-state index in [4.69, 9.17) is 20.2 Å². The van der Waals surface area contributed by atoms with Crippen molar-refractivity contribution in [2.24, 2.45) is 10.7 Å². The van der Waals surface area contributed by atoms with Crippen LogP contribution in [-0.2, 0) is 19.5 Å². The third kappa shape index (κ3) is 3.62. The van der Waals surface area contributed by atoms with Crippen LogP contribution in [0.15, 0.2) is 40.1 Å². The Morgan fingerprint density at radius 1 is 1.06 bits per heavy atom. The summed E-state index contributed by atoms with van der Waals surface area (Å²) in [5, 5.41) is 0. The number of methoxy groups -OCH3 is 2. The van der Waals surface area contributed by atoms with Crippen LogP contribution in [-0.4, -0.2) is 29.9 Å². The van der Waals surface area contributed by atoms with Gasteiger partial charge in [0.15, 0.2) is 11.2 Å². The molecule has 168 valence electrons. The molecule has 1 aliphatic rings. The molecular formula is C25H30N4O3. The van der Waals surface area contributed by atoms with Crippen LogP contribution in [0.1, 0.15) is 22.3 Å². The van der Waals surface area contributed by atoms with Gasteiger partial charge in [0.2, 0.25) is 0 Å². The number of rotatable bonds is 5. The van der Waals surface area contributed by atoms with Crippen molar-refractivity contribution in [3.8, 4) is 22.8 Å². The van der Waals surface area contributed by atoms with Crippen LogP contribution in [0.2, 0.25) is 0 Å². The minimum atomic E-state index is -0.131. The fourth-order valence-electron chi connectivity index (χ4n) is 4.61. The van der Waals surface area contributed by atoms with E-state index < -0.39 is 0 Å². The molecule has 1 aliphatic heterocycles. The molecule has 32 heavy (non-hydrogen) atoms. The molecule has 2 aromatic carbocycles. The van der Waals surface area contributed by atoms with Crippen LogP contribution in [0, 0.1) is 20.8 Å². The number of nitrogens with zero attached hydrogens (tertiary/aromatic N) is 3. The van der Waals surface area contributed by atoms with Gasteiger partial charge in [0.05, 0.1) is 25.6 Å². The molecule has 0 bridgehead atoms. The van der Waals surface area contributed by atoms with Crippen molar-refractivity contribution in [2.45, 2.75) is 40.3 Å². The fourth-order valence-corrected chi connectivity index (χ4v) is 4.61. The second-order valence-corrected chi connectivity index (χ2v) is 8.21. The summed E-state index contributed by atoms with van der Waals surface area (Å²) in [6.07, 6.45) is 0.734. The summed E-state index contributed by atoms with van der Waals surface area (Å²) in [7, 11) is 3.28. The molecule has 3 aromatic rings. The predicted molar refractivity (Wildman–Crippen MR) is 126 cm³/mol. The number of ether oxygens (including phenoxy) is 2. The molecule has 2 N–H and O–H groups in total. The molecule has 7 heteroatoms. The summed E-state index contributed by atoms with van der Waals surface area (Å²) in [5.74, 6) is 1.37. The molecule has 0 unspecified atom stereocenters. The Balaban J connectivity index is 2.12. The predicted octanol–water partition coefficient (Wildman–Crippen LogP) is 3.01. The molecule has 4 rings (SSSR count). The van der Waals surface area contributed by atoms with E-state index in [1.54, 1.807) is 23.4 Å². The number of hydrogen-bond acceptors (Lipinski definition) is 5. The maximum Gasteiger partial charge on any atom is 0.330 e. The van der Waals surface area contributed by atoms with E-state index in [0.29, 0.717) is 30.9 Å². The van der Waals surface area contributed by atoms with Gasteiger partial charge in [-0.1, -0.05) is 17.7 Å². The minimum absolute atomic E-state index is 0.131. The van der Waals surface area contributed by atoms with Crippen LogP contribution < -0.4 is 26.4 Å². The second-order valence-electron chi connectivity index (χ2n) is 8.21. The third-order valence-corrected chi connectivity index (χ3v) is 5.99. The van der Waals surface area contributed by atoms with Gasteiger partial charge < -0.3 is 15.2 Å². The van der Waals surface area contributed by atoms with Crippen LogP contribution in [0.3, 0.4) is 0 Å². The van der Waals surface area contributed by atoms with Gasteiger partial charge in [-0.15, -0.1) is 0 Å². The Labute approximate surface area is 187 Å². The van der Waals surface area contributed by atoms with Gasteiger partial charge >= 0.3 is 5.69 Å². The highest BCUT2D eigenvalue weighted by molar-refractivity contribution is 5.72. The molecule has 0 aliphatic carbocycles. The number of fused-ring (bicyclic) bond motifs is 3. The Hall–Kier alpha value is -3.32. The van der Waals surface area contributed by atoms with Gasteiger partial charge in [-0.25, -0.2) is 9.79 Å². The zero-order valence-corrected chi connectivity index (χ0v) is 19.4. The number of aryl methyl sites for hydroxylation is 4. The van der Waals surface area contributed by atoms with Crippen molar-refractivity contribution in [1.82, 2.24) is 9.13 Å². The van der Waals surface area contributed by atoms with Crippen molar-refractivity contribution in [3.63, 3.8) is 0 Å². The standard InChI is InChI=1S/C25H30N4O3/c1-15-12-16(2)21(17(3)13-15)27-24-23(32-5)22-20-7-6-19(31-4)14-18(20)8-10-28(22)25(30)29(24)11-9-26/h6-7,12-14H,8-11,26H2,1-5H3. The monoisotopic (exact) mass is 434 g/mol. The highest BCUT2D eigenvalue weighted by Gasteiger charge is 2.25. The summed E-state index contributed by atoms with van der Waals surface area (Å²) in [5.41, 5.74) is 13.2. The van der Waals surface area contributed by atoms with Gasteiger partial charge in [0.1, 0.15) is 5.75 Å². The van der Waals surface area contributed by atoms with Gasteiger partial charge in [0.25, 0.3) is 0 Å². The first-order valence-electron chi connectivity index (χ1n) is 10.8. The summed E-state index contributed by atoms with van der Waals surface area (Å²) in [6, 6.07) is 10.1. The summed E-state index contributed by atoms with van der Waals surface area (Å²) in [6.45, 7) is 7.36. The molecule has 0 atom stereocenters. The molecule has 0 saturated heterocycles. The Kier molecular flexibility index (Phi) is 5.93. The fraction of sp³-hybridized carbons (Fsp3) is 0.360. The smallest absolute Gasteiger partial charge is 0.330 e. The number of hydrogen-bond donors (Lipinski definition) is 1. The first-order valence-corrected chi connectivity index (χ1v) is 10.8. The van der Waals surface area contributed by atoms with E-state index in [1.807, 2.05) is 32.0 Å².